The number of esters is 1. The van der Waals surface area contributed by atoms with E-state index < -0.39 is 24.5 Å². The van der Waals surface area contributed by atoms with Crippen molar-refractivity contribution < 1.29 is 23.9 Å². The van der Waals surface area contributed by atoms with E-state index in [1.54, 1.807) is 42.5 Å². The fraction of sp³-hybridized carbons (Fsp3) is 0.118. The van der Waals surface area contributed by atoms with Gasteiger partial charge in [0.2, 0.25) is 0 Å². The predicted octanol–water partition coefficient (Wildman–Crippen LogP) is 3.28. The number of ether oxygens (including phenoxy) is 2. The van der Waals surface area contributed by atoms with Crippen molar-refractivity contribution >= 4 is 45.3 Å². The smallest absolute Gasteiger partial charge is 0.345 e. The summed E-state index contributed by atoms with van der Waals surface area (Å²) in [5.41, 5.74) is 0.592. The van der Waals surface area contributed by atoms with E-state index in [-0.39, 0.29) is 6.61 Å². The summed E-state index contributed by atoms with van der Waals surface area (Å²) < 4.78 is 10.9. The van der Waals surface area contributed by atoms with E-state index in [1.165, 1.54) is 0 Å². The van der Waals surface area contributed by atoms with Crippen LogP contribution in [0.15, 0.2) is 46.9 Å². The number of hydrogen-bond acceptors (Lipinski definition) is 5. The monoisotopic (exact) mass is 423 g/mol. The molecule has 0 radical (unpaired) electrons. The van der Waals surface area contributed by atoms with E-state index in [0.717, 1.165) is 4.90 Å². The van der Waals surface area contributed by atoms with Gasteiger partial charge in [-0.1, -0.05) is 23.7 Å². The SMILES string of the molecule is O=C(COc1ccc(Cl)cc1Br)OCN1C(=O)c2ccccc2C1=O. The van der Waals surface area contributed by atoms with Crippen LogP contribution in [0, 0.1) is 0 Å². The zero-order valence-electron chi connectivity index (χ0n) is 12.7. The van der Waals surface area contributed by atoms with Crippen LogP contribution >= 0.6 is 27.5 Å². The zero-order chi connectivity index (χ0) is 18.0. The van der Waals surface area contributed by atoms with Gasteiger partial charge >= 0.3 is 5.97 Å². The van der Waals surface area contributed by atoms with Crippen molar-refractivity contribution in [3.63, 3.8) is 0 Å². The third kappa shape index (κ3) is 3.67. The van der Waals surface area contributed by atoms with Crippen LogP contribution in [0.1, 0.15) is 20.7 Å². The van der Waals surface area contributed by atoms with E-state index in [1.807, 2.05) is 0 Å². The van der Waals surface area contributed by atoms with Crippen LogP contribution < -0.4 is 4.74 Å². The Morgan fingerprint density at radius 2 is 1.72 bits per heavy atom. The van der Waals surface area contributed by atoms with Gasteiger partial charge in [0.15, 0.2) is 13.3 Å². The summed E-state index contributed by atoms with van der Waals surface area (Å²) in [6, 6.07) is 11.3. The maximum absolute atomic E-state index is 12.1. The van der Waals surface area contributed by atoms with E-state index >= 15 is 0 Å². The summed E-state index contributed by atoms with van der Waals surface area (Å²) in [5, 5.41) is 0.521. The lowest BCUT2D eigenvalue weighted by Gasteiger charge is -2.14. The highest BCUT2D eigenvalue weighted by atomic mass is 79.9. The molecule has 0 N–H and O–H groups in total. The third-order valence-corrected chi connectivity index (χ3v) is 4.33. The zero-order valence-corrected chi connectivity index (χ0v) is 15.0. The molecule has 0 saturated heterocycles. The van der Waals surface area contributed by atoms with E-state index in [9.17, 15) is 14.4 Å². The average Bonchev–Trinajstić information content (AvgIpc) is 2.84. The molecule has 0 atom stereocenters. The average molecular weight is 425 g/mol. The van der Waals surface area contributed by atoms with Gasteiger partial charge in [-0.15, -0.1) is 0 Å². The van der Waals surface area contributed by atoms with Gasteiger partial charge in [-0.2, -0.15) is 0 Å². The van der Waals surface area contributed by atoms with Gasteiger partial charge in [0.05, 0.1) is 15.6 Å². The number of rotatable bonds is 5. The number of carbonyl (C=O) groups is 3. The van der Waals surface area contributed by atoms with Crippen molar-refractivity contribution in [2.75, 3.05) is 13.3 Å². The number of nitrogens with zero attached hydrogens (tertiary/aromatic N) is 1. The van der Waals surface area contributed by atoms with Gasteiger partial charge < -0.3 is 9.47 Å². The Bertz CT molecular complexity index is 835. The molecule has 1 heterocycles. The highest BCUT2D eigenvalue weighted by Crippen LogP contribution is 2.28. The Balaban J connectivity index is 1.55. The van der Waals surface area contributed by atoms with Crippen LogP contribution in [-0.2, 0) is 9.53 Å². The highest BCUT2D eigenvalue weighted by Gasteiger charge is 2.35. The molecule has 0 saturated carbocycles. The first-order valence-electron chi connectivity index (χ1n) is 7.16. The lowest BCUT2D eigenvalue weighted by molar-refractivity contribution is -0.148. The Morgan fingerprint density at radius 3 is 2.32 bits per heavy atom. The van der Waals surface area contributed by atoms with Crippen molar-refractivity contribution in [1.29, 1.82) is 0 Å². The van der Waals surface area contributed by atoms with Crippen molar-refractivity contribution in [3.8, 4) is 5.75 Å². The summed E-state index contributed by atoms with van der Waals surface area (Å²) in [4.78, 5) is 37.0. The molecule has 0 unspecified atom stereocenters. The first-order chi connectivity index (χ1) is 12.0. The summed E-state index contributed by atoms with van der Waals surface area (Å²) in [6.07, 6.45) is 0. The van der Waals surface area contributed by atoms with Crippen LogP contribution in [0.5, 0.6) is 5.75 Å². The Hall–Kier alpha value is -2.38. The molecule has 0 aromatic heterocycles. The molecule has 6 nitrogen and oxygen atoms in total. The first-order valence-corrected chi connectivity index (χ1v) is 8.33. The maximum atomic E-state index is 12.1. The number of amides is 2. The van der Waals surface area contributed by atoms with Gasteiger partial charge in [-0.05, 0) is 46.3 Å². The molecule has 128 valence electrons. The van der Waals surface area contributed by atoms with Crippen LogP contribution in [0.4, 0.5) is 0 Å². The number of carbonyl (C=O) groups excluding carboxylic acids is 3. The summed E-state index contributed by atoms with van der Waals surface area (Å²) >= 11 is 9.08. The number of halogens is 2. The second kappa shape index (κ2) is 7.25. The van der Waals surface area contributed by atoms with E-state index in [2.05, 4.69) is 15.9 Å². The normalized spacial score (nSPS) is 13.0. The van der Waals surface area contributed by atoms with Crippen LogP contribution in [0.2, 0.25) is 5.02 Å². The van der Waals surface area contributed by atoms with Gasteiger partial charge in [0.25, 0.3) is 11.8 Å². The quantitative estimate of drug-likeness (QED) is 0.544. The van der Waals surface area contributed by atoms with Crippen molar-refractivity contribution in [2.45, 2.75) is 0 Å². The second-order valence-electron chi connectivity index (χ2n) is 5.09. The van der Waals surface area contributed by atoms with Gasteiger partial charge in [0, 0.05) is 5.02 Å². The predicted molar refractivity (Wildman–Crippen MR) is 92.5 cm³/mol. The van der Waals surface area contributed by atoms with Crippen LogP contribution in [0.3, 0.4) is 0 Å². The number of hydrogen-bond donors (Lipinski definition) is 0. The van der Waals surface area contributed by atoms with Crippen LogP contribution in [-0.4, -0.2) is 36.0 Å². The molecule has 2 aromatic carbocycles. The molecule has 2 aromatic rings. The largest absolute Gasteiger partial charge is 0.481 e. The number of benzene rings is 2. The lowest BCUT2D eigenvalue weighted by Crippen LogP contribution is -2.34. The molecule has 1 aliphatic rings. The molecule has 3 rings (SSSR count). The fourth-order valence-electron chi connectivity index (χ4n) is 2.26. The van der Waals surface area contributed by atoms with Gasteiger partial charge in [-0.3, -0.25) is 9.59 Å². The van der Waals surface area contributed by atoms with Gasteiger partial charge in [-0.25, -0.2) is 9.69 Å². The Morgan fingerprint density at radius 1 is 1.08 bits per heavy atom. The van der Waals surface area contributed by atoms with E-state index in [0.29, 0.717) is 26.4 Å². The minimum Gasteiger partial charge on any atom is -0.481 e. The summed E-state index contributed by atoms with van der Waals surface area (Å²) in [5.74, 6) is -1.27. The van der Waals surface area contributed by atoms with Crippen LogP contribution in [0.25, 0.3) is 0 Å². The standard InChI is InChI=1S/C17H11BrClNO5/c18-13-7-10(19)5-6-14(13)24-8-15(21)25-9-20-16(22)11-3-1-2-4-12(11)17(20)23/h1-7H,8-9H2. The molecule has 0 spiro atoms. The maximum Gasteiger partial charge on any atom is 0.345 e. The molecule has 0 bridgehead atoms. The molecular weight excluding hydrogens is 414 g/mol. The van der Waals surface area contributed by atoms with Crippen molar-refractivity contribution in [3.05, 3.63) is 63.1 Å². The molecular formula is C17H11BrClNO5. The highest BCUT2D eigenvalue weighted by molar-refractivity contribution is 9.10. The Kier molecular flexibility index (Phi) is 5.06. The van der Waals surface area contributed by atoms with E-state index in [4.69, 9.17) is 21.1 Å². The minimum absolute atomic E-state index is 0.296. The Labute approximate surface area is 156 Å². The second-order valence-corrected chi connectivity index (χ2v) is 6.38. The molecule has 0 aliphatic carbocycles. The fourth-order valence-corrected chi connectivity index (χ4v) is 3.06. The lowest BCUT2D eigenvalue weighted by atomic mass is 10.1. The summed E-state index contributed by atoms with van der Waals surface area (Å²) in [6.45, 7) is -0.834. The minimum atomic E-state index is -0.710. The van der Waals surface area contributed by atoms with Gasteiger partial charge in [0.1, 0.15) is 5.75 Å². The summed E-state index contributed by atoms with van der Waals surface area (Å²) in [7, 11) is 0. The molecule has 0 fully saturated rings. The molecule has 1 aliphatic heterocycles. The molecule has 8 heteroatoms. The molecule has 2 amide bonds. The van der Waals surface area contributed by atoms with Crippen molar-refractivity contribution in [2.24, 2.45) is 0 Å². The van der Waals surface area contributed by atoms with Crippen molar-refractivity contribution in [1.82, 2.24) is 4.90 Å². The number of imide groups is 1. The molecule has 25 heavy (non-hydrogen) atoms. The number of fused-ring (bicyclic) bond motifs is 1. The third-order valence-electron chi connectivity index (χ3n) is 3.47. The first kappa shape index (κ1) is 17.4. The topological polar surface area (TPSA) is 72.9 Å².